The molecule has 0 aliphatic carbocycles. The highest BCUT2D eigenvalue weighted by atomic mass is 35.5. The van der Waals surface area contributed by atoms with Gasteiger partial charge in [0.05, 0.1) is 6.61 Å². The summed E-state index contributed by atoms with van der Waals surface area (Å²) in [5.74, 6) is 0. The Balaban J connectivity index is 4.13. The summed E-state index contributed by atoms with van der Waals surface area (Å²) in [5, 5.41) is 0. The lowest BCUT2D eigenvalue weighted by Crippen LogP contribution is -2.32. The molecule has 0 bridgehead atoms. The number of hydrogen-bond donors (Lipinski definition) is 0. The predicted octanol–water partition coefficient (Wildman–Crippen LogP) is 3.34. The molecule has 0 aromatic rings. The molecule has 0 aliphatic rings. The van der Waals surface area contributed by atoms with Crippen LogP contribution in [0.25, 0.3) is 0 Å². The average molecular weight is 252 g/mol. The molecule has 0 atom stereocenters. The van der Waals surface area contributed by atoms with Gasteiger partial charge in [0.1, 0.15) is 0 Å². The quantitative estimate of drug-likeness (QED) is 0.725. The Hall–Kier alpha value is -0.670. The molecule has 0 N–H and O–H groups in total. The normalized spacial score (nSPS) is 11.1. The van der Waals surface area contributed by atoms with E-state index in [1.165, 1.54) is 16.0 Å². The van der Waals surface area contributed by atoms with Crippen molar-refractivity contribution in [1.29, 1.82) is 0 Å². The van der Waals surface area contributed by atoms with E-state index in [9.17, 15) is 4.79 Å². The van der Waals surface area contributed by atoms with Gasteiger partial charge in [0.15, 0.2) is 0 Å². The smallest absolute Gasteiger partial charge is 0.410 e. The van der Waals surface area contributed by atoms with Crippen LogP contribution in [-0.2, 0) is 4.74 Å². The summed E-state index contributed by atoms with van der Waals surface area (Å²) >= 11 is 10.8. The minimum Gasteiger partial charge on any atom is -0.449 e. The molecule has 0 saturated heterocycles. The molecular weight excluding hydrogens is 237 g/mol. The Morgan fingerprint density at radius 3 is 2.20 bits per heavy atom. The molecule has 0 aromatic carbocycles. The van der Waals surface area contributed by atoms with Gasteiger partial charge in [0.25, 0.3) is 0 Å². The number of nitrogens with zero attached hydrogens (tertiary/aromatic N) is 1. The Bertz CT molecular complexity index is 215. The fraction of sp³-hybridized carbons (Fsp3) is 0.500. The van der Waals surface area contributed by atoms with Crippen molar-refractivity contribution in [3.05, 3.63) is 23.2 Å². The first kappa shape index (κ1) is 14.3. The molecule has 0 aliphatic heterocycles. The molecule has 1 amide bonds. The van der Waals surface area contributed by atoms with Crippen LogP contribution in [0, 0.1) is 0 Å². The molecule has 0 radical (unpaired) electrons. The summed E-state index contributed by atoms with van der Waals surface area (Å²) in [6.45, 7) is 3.18. The van der Waals surface area contributed by atoms with E-state index in [0.29, 0.717) is 19.7 Å². The second-order valence-corrected chi connectivity index (χ2v) is 3.25. The summed E-state index contributed by atoms with van der Waals surface area (Å²) in [4.78, 5) is 13.0. The number of halogens is 2. The highest BCUT2D eigenvalue weighted by Crippen LogP contribution is 1.98. The Morgan fingerprint density at radius 2 is 1.80 bits per heavy atom. The van der Waals surface area contributed by atoms with Crippen LogP contribution in [0.5, 0.6) is 0 Å². The maximum atomic E-state index is 11.5. The van der Waals surface area contributed by atoms with Crippen LogP contribution in [0.2, 0.25) is 0 Å². The first-order valence-corrected chi connectivity index (χ1v) is 5.55. The Labute approximate surface area is 100 Å². The summed E-state index contributed by atoms with van der Waals surface area (Å²) in [6.07, 6.45) is 3.77. The van der Waals surface area contributed by atoms with Gasteiger partial charge >= 0.3 is 6.09 Å². The molecule has 0 heterocycles. The zero-order valence-corrected chi connectivity index (χ0v) is 10.2. The minimum absolute atomic E-state index is 0.360. The molecule has 86 valence electrons. The third-order valence-corrected chi connectivity index (χ3v) is 1.87. The Morgan fingerprint density at radius 1 is 1.27 bits per heavy atom. The minimum atomic E-state index is -0.360. The summed E-state index contributed by atoms with van der Waals surface area (Å²) < 4.78 is 4.98. The monoisotopic (exact) mass is 251 g/mol. The lowest BCUT2D eigenvalue weighted by atomic mass is 10.5. The van der Waals surface area contributed by atoms with Crippen molar-refractivity contribution in [2.45, 2.75) is 13.3 Å². The molecule has 0 unspecified atom stereocenters. The maximum absolute atomic E-state index is 11.5. The van der Waals surface area contributed by atoms with E-state index in [4.69, 9.17) is 27.9 Å². The molecule has 0 saturated carbocycles. The van der Waals surface area contributed by atoms with E-state index < -0.39 is 0 Å². The van der Waals surface area contributed by atoms with Crippen molar-refractivity contribution in [2.24, 2.45) is 0 Å². The van der Waals surface area contributed by atoms with Crippen LogP contribution in [-0.4, -0.2) is 30.7 Å². The third kappa shape index (κ3) is 7.28. The lowest BCUT2D eigenvalue weighted by Gasteiger charge is -2.18. The van der Waals surface area contributed by atoms with Crippen LogP contribution in [0.15, 0.2) is 23.2 Å². The first-order chi connectivity index (χ1) is 7.26. The molecule has 3 nitrogen and oxygen atoms in total. The second kappa shape index (κ2) is 9.87. The highest BCUT2D eigenvalue weighted by Gasteiger charge is 2.10. The van der Waals surface area contributed by atoms with Crippen LogP contribution in [0.4, 0.5) is 4.79 Å². The third-order valence-electron chi connectivity index (χ3n) is 1.52. The van der Waals surface area contributed by atoms with Gasteiger partial charge in [-0.15, -0.1) is 0 Å². The van der Waals surface area contributed by atoms with Gasteiger partial charge in [-0.05, 0) is 6.42 Å². The molecular formula is C10H15Cl2NO2. The van der Waals surface area contributed by atoms with Crippen LogP contribution in [0.3, 0.4) is 0 Å². The van der Waals surface area contributed by atoms with Gasteiger partial charge in [-0.2, -0.15) is 0 Å². The van der Waals surface area contributed by atoms with E-state index in [2.05, 4.69) is 0 Å². The largest absolute Gasteiger partial charge is 0.449 e. The summed E-state index contributed by atoms with van der Waals surface area (Å²) in [6, 6.07) is 0. The Kier molecular flexibility index (Phi) is 9.43. The number of carbonyl (C=O) groups excluding carboxylic acids is 1. The zero-order valence-electron chi connectivity index (χ0n) is 8.66. The van der Waals surface area contributed by atoms with Gasteiger partial charge in [-0.25, -0.2) is 4.79 Å². The SMILES string of the molecule is CCCOC(=O)N(C/C=C/Cl)C/C=C/Cl. The van der Waals surface area contributed by atoms with Crippen LogP contribution < -0.4 is 0 Å². The topological polar surface area (TPSA) is 29.5 Å². The van der Waals surface area contributed by atoms with Crippen LogP contribution in [0.1, 0.15) is 13.3 Å². The molecule has 15 heavy (non-hydrogen) atoms. The number of ether oxygens (including phenoxy) is 1. The standard InChI is InChI=1S/C10H15Cl2NO2/c1-2-9-15-10(14)13(7-3-5-11)8-4-6-12/h3-6H,2,7-9H2,1H3/b5-3+,6-4+. The molecule has 5 heteroatoms. The lowest BCUT2D eigenvalue weighted by molar-refractivity contribution is 0.110. The van der Waals surface area contributed by atoms with E-state index in [0.717, 1.165) is 6.42 Å². The van der Waals surface area contributed by atoms with E-state index in [1.807, 2.05) is 6.92 Å². The number of rotatable bonds is 6. The highest BCUT2D eigenvalue weighted by molar-refractivity contribution is 6.25. The van der Waals surface area contributed by atoms with Crippen LogP contribution >= 0.6 is 23.2 Å². The fourth-order valence-electron chi connectivity index (χ4n) is 0.838. The van der Waals surface area contributed by atoms with E-state index in [1.54, 1.807) is 12.2 Å². The molecule has 0 fully saturated rings. The molecule has 0 aromatic heterocycles. The molecule has 0 rings (SSSR count). The number of carbonyl (C=O) groups is 1. The fourth-order valence-corrected chi connectivity index (χ4v) is 0.998. The van der Waals surface area contributed by atoms with Gasteiger partial charge < -0.3 is 9.64 Å². The predicted molar refractivity (Wildman–Crippen MR) is 63.2 cm³/mol. The van der Waals surface area contributed by atoms with Crippen molar-refractivity contribution < 1.29 is 9.53 Å². The van der Waals surface area contributed by atoms with Gasteiger partial charge in [-0.3, -0.25) is 0 Å². The maximum Gasteiger partial charge on any atom is 0.410 e. The van der Waals surface area contributed by atoms with E-state index in [-0.39, 0.29) is 6.09 Å². The first-order valence-electron chi connectivity index (χ1n) is 4.68. The summed E-state index contributed by atoms with van der Waals surface area (Å²) in [5.41, 5.74) is 2.73. The molecule has 0 spiro atoms. The average Bonchev–Trinajstić information content (AvgIpc) is 2.26. The van der Waals surface area contributed by atoms with Gasteiger partial charge in [0, 0.05) is 24.2 Å². The number of amides is 1. The van der Waals surface area contributed by atoms with Crippen molar-refractivity contribution in [2.75, 3.05) is 19.7 Å². The second-order valence-electron chi connectivity index (χ2n) is 2.74. The summed E-state index contributed by atoms with van der Waals surface area (Å²) in [7, 11) is 0. The number of hydrogen-bond acceptors (Lipinski definition) is 2. The van der Waals surface area contributed by atoms with Crippen molar-refractivity contribution in [3.8, 4) is 0 Å². The zero-order chi connectivity index (χ0) is 11.5. The van der Waals surface area contributed by atoms with Crippen molar-refractivity contribution in [3.63, 3.8) is 0 Å². The van der Waals surface area contributed by atoms with E-state index >= 15 is 0 Å². The van der Waals surface area contributed by atoms with Gasteiger partial charge in [-0.1, -0.05) is 42.3 Å². The van der Waals surface area contributed by atoms with Crippen molar-refractivity contribution in [1.82, 2.24) is 4.90 Å². The van der Waals surface area contributed by atoms with Crippen molar-refractivity contribution >= 4 is 29.3 Å². The van der Waals surface area contributed by atoms with Gasteiger partial charge in [0.2, 0.25) is 0 Å².